The van der Waals surface area contributed by atoms with E-state index in [1.807, 2.05) is 13.8 Å². The summed E-state index contributed by atoms with van der Waals surface area (Å²) in [6, 6.07) is 6.49. The summed E-state index contributed by atoms with van der Waals surface area (Å²) in [7, 11) is 0. The van der Waals surface area contributed by atoms with Gasteiger partial charge < -0.3 is 15.7 Å². The monoisotopic (exact) mass is 292 g/mol. The van der Waals surface area contributed by atoms with Crippen molar-refractivity contribution < 1.29 is 14.7 Å². The fourth-order valence-corrected chi connectivity index (χ4v) is 2.02. The summed E-state index contributed by atoms with van der Waals surface area (Å²) in [5, 5.41) is 14.9. The molecule has 21 heavy (non-hydrogen) atoms. The van der Waals surface area contributed by atoms with Crippen molar-refractivity contribution in [3.8, 4) is 0 Å². The maximum absolute atomic E-state index is 12.1. The lowest BCUT2D eigenvalue weighted by atomic mass is 10.1. The molecular formula is C16H24N2O3. The number of carbonyl (C=O) groups is 2. The van der Waals surface area contributed by atoms with Crippen LogP contribution in [-0.4, -0.2) is 35.6 Å². The number of amides is 2. The highest BCUT2D eigenvalue weighted by molar-refractivity contribution is 5.99. The molecule has 0 bridgehead atoms. The molecule has 1 rings (SSSR count). The van der Waals surface area contributed by atoms with Crippen LogP contribution in [-0.2, 0) is 0 Å². The molecule has 2 atom stereocenters. The molecule has 0 saturated carbocycles. The van der Waals surface area contributed by atoms with Gasteiger partial charge in [-0.2, -0.15) is 0 Å². The Kier molecular flexibility index (Phi) is 6.88. The zero-order valence-electron chi connectivity index (χ0n) is 12.8. The van der Waals surface area contributed by atoms with E-state index in [2.05, 4.69) is 10.6 Å². The number of nitrogens with one attached hydrogen (secondary N) is 2. The van der Waals surface area contributed by atoms with Crippen molar-refractivity contribution >= 4 is 11.8 Å². The SMILES string of the molecule is CCCNC(=O)c1cccc(C(=O)NC(C)CC(C)O)c1. The molecule has 116 valence electrons. The molecule has 0 saturated heterocycles. The van der Waals surface area contributed by atoms with Crippen LogP contribution in [0.1, 0.15) is 54.3 Å². The van der Waals surface area contributed by atoms with Crippen LogP contribution < -0.4 is 10.6 Å². The average molecular weight is 292 g/mol. The molecule has 2 unspecified atom stereocenters. The third kappa shape index (κ3) is 5.95. The summed E-state index contributed by atoms with van der Waals surface area (Å²) in [6.07, 6.45) is 0.886. The molecule has 0 aromatic heterocycles. The quantitative estimate of drug-likeness (QED) is 0.716. The van der Waals surface area contributed by atoms with E-state index in [9.17, 15) is 14.7 Å². The van der Waals surface area contributed by atoms with Gasteiger partial charge in [-0.3, -0.25) is 9.59 Å². The Balaban J connectivity index is 2.70. The zero-order chi connectivity index (χ0) is 15.8. The van der Waals surface area contributed by atoms with Gasteiger partial charge in [0.05, 0.1) is 6.10 Å². The van der Waals surface area contributed by atoms with Crippen LogP contribution in [0.5, 0.6) is 0 Å². The van der Waals surface area contributed by atoms with E-state index in [-0.39, 0.29) is 17.9 Å². The summed E-state index contributed by atoms with van der Waals surface area (Å²) in [4.78, 5) is 24.0. The van der Waals surface area contributed by atoms with Crippen LogP contribution in [0.4, 0.5) is 0 Å². The molecule has 0 radical (unpaired) electrons. The van der Waals surface area contributed by atoms with Crippen LogP contribution in [0.2, 0.25) is 0 Å². The van der Waals surface area contributed by atoms with Crippen LogP contribution in [0.3, 0.4) is 0 Å². The zero-order valence-corrected chi connectivity index (χ0v) is 12.8. The lowest BCUT2D eigenvalue weighted by Crippen LogP contribution is -2.34. The van der Waals surface area contributed by atoms with Crippen molar-refractivity contribution in [2.75, 3.05) is 6.54 Å². The van der Waals surface area contributed by atoms with Crippen molar-refractivity contribution in [2.24, 2.45) is 0 Å². The summed E-state index contributed by atoms with van der Waals surface area (Å²) in [5.41, 5.74) is 0.913. The maximum Gasteiger partial charge on any atom is 0.251 e. The Morgan fingerprint density at radius 2 is 1.81 bits per heavy atom. The van der Waals surface area contributed by atoms with Gasteiger partial charge in [-0.15, -0.1) is 0 Å². The smallest absolute Gasteiger partial charge is 0.251 e. The lowest BCUT2D eigenvalue weighted by Gasteiger charge is -2.15. The molecule has 1 aromatic carbocycles. The van der Waals surface area contributed by atoms with E-state index in [1.54, 1.807) is 31.2 Å². The Morgan fingerprint density at radius 3 is 2.38 bits per heavy atom. The largest absolute Gasteiger partial charge is 0.393 e. The molecule has 2 amide bonds. The maximum atomic E-state index is 12.1. The first-order valence-electron chi connectivity index (χ1n) is 7.31. The highest BCUT2D eigenvalue weighted by atomic mass is 16.3. The van der Waals surface area contributed by atoms with Gasteiger partial charge in [0.2, 0.25) is 0 Å². The second-order valence-corrected chi connectivity index (χ2v) is 5.30. The number of rotatable bonds is 7. The number of aliphatic hydroxyl groups is 1. The normalized spacial score (nSPS) is 13.3. The van der Waals surface area contributed by atoms with E-state index >= 15 is 0 Å². The van der Waals surface area contributed by atoms with Gasteiger partial charge >= 0.3 is 0 Å². The van der Waals surface area contributed by atoms with Crippen molar-refractivity contribution in [3.63, 3.8) is 0 Å². The fourth-order valence-electron chi connectivity index (χ4n) is 2.02. The average Bonchev–Trinajstić information content (AvgIpc) is 2.43. The van der Waals surface area contributed by atoms with Gasteiger partial charge in [-0.1, -0.05) is 13.0 Å². The van der Waals surface area contributed by atoms with Crippen LogP contribution in [0, 0.1) is 0 Å². The van der Waals surface area contributed by atoms with Crippen LogP contribution in [0.25, 0.3) is 0 Å². The first-order chi connectivity index (χ1) is 9.93. The molecule has 0 aliphatic rings. The standard InChI is InChI=1S/C16H24N2O3/c1-4-8-17-15(20)13-6-5-7-14(10-13)16(21)18-11(2)9-12(3)19/h5-7,10-12,19H,4,8-9H2,1-3H3,(H,17,20)(H,18,21). The molecule has 5 nitrogen and oxygen atoms in total. The second kappa shape index (κ2) is 8.42. The Hall–Kier alpha value is -1.88. The van der Waals surface area contributed by atoms with Gasteiger partial charge in [0.1, 0.15) is 0 Å². The molecule has 5 heteroatoms. The minimum absolute atomic E-state index is 0.130. The van der Waals surface area contributed by atoms with Crippen molar-refractivity contribution in [1.29, 1.82) is 0 Å². The predicted molar refractivity (Wildman–Crippen MR) is 82.3 cm³/mol. The molecule has 0 heterocycles. The van der Waals surface area contributed by atoms with Gasteiger partial charge in [0.25, 0.3) is 11.8 Å². The number of benzene rings is 1. The van der Waals surface area contributed by atoms with Gasteiger partial charge in [0.15, 0.2) is 0 Å². The molecule has 0 aliphatic carbocycles. The highest BCUT2D eigenvalue weighted by Gasteiger charge is 2.13. The minimum Gasteiger partial charge on any atom is -0.393 e. The Bertz CT molecular complexity index is 486. The Morgan fingerprint density at radius 1 is 1.19 bits per heavy atom. The third-order valence-electron chi connectivity index (χ3n) is 2.99. The molecule has 0 fully saturated rings. The summed E-state index contributed by atoms with van der Waals surface area (Å²) in [5.74, 6) is -0.420. The summed E-state index contributed by atoms with van der Waals surface area (Å²) in [6.45, 7) is 6.11. The fraction of sp³-hybridized carbons (Fsp3) is 0.500. The minimum atomic E-state index is -0.466. The van der Waals surface area contributed by atoms with E-state index in [0.717, 1.165) is 6.42 Å². The molecule has 1 aromatic rings. The third-order valence-corrected chi connectivity index (χ3v) is 2.99. The Labute approximate surface area is 125 Å². The van der Waals surface area contributed by atoms with Gasteiger partial charge in [-0.05, 0) is 44.9 Å². The van der Waals surface area contributed by atoms with E-state index in [0.29, 0.717) is 24.1 Å². The predicted octanol–water partition coefficient (Wildman–Crippen LogP) is 1.72. The number of hydrogen-bond acceptors (Lipinski definition) is 3. The first-order valence-corrected chi connectivity index (χ1v) is 7.31. The van der Waals surface area contributed by atoms with Gasteiger partial charge in [-0.25, -0.2) is 0 Å². The van der Waals surface area contributed by atoms with Crippen molar-refractivity contribution in [2.45, 2.75) is 45.8 Å². The molecule has 0 spiro atoms. The number of hydrogen-bond donors (Lipinski definition) is 3. The molecule has 0 aliphatic heterocycles. The van der Waals surface area contributed by atoms with Crippen LogP contribution in [0.15, 0.2) is 24.3 Å². The summed E-state index contributed by atoms with van der Waals surface area (Å²) >= 11 is 0. The van der Waals surface area contributed by atoms with E-state index in [4.69, 9.17) is 0 Å². The van der Waals surface area contributed by atoms with Crippen LogP contribution >= 0.6 is 0 Å². The van der Waals surface area contributed by atoms with Crippen molar-refractivity contribution in [3.05, 3.63) is 35.4 Å². The van der Waals surface area contributed by atoms with Gasteiger partial charge in [0, 0.05) is 23.7 Å². The topological polar surface area (TPSA) is 78.4 Å². The van der Waals surface area contributed by atoms with Crippen molar-refractivity contribution in [1.82, 2.24) is 10.6 Å². The lowest BCUT2D eigenvalue weighted by molar-refractivity contribution is 0.0923. The molecular weight excluding hydrogens is 268 g/mol. The van der Waals surface area contributed by atoms with E-state index < -0.39 is 6.10 Å². The highest BCUT2D eigenvalue weighted by Crippen LogP contribution is 2.07. The number of aliphatic hydroxyl groups excluding tert-OH is 1. The first kappa shape index (κ1) is 17.2. The second-order valence-electron chi connectivity index (χ2n) is 5.30. The van der Waals surface area contributed by atoms with E-state index in [1.165, 1.54) is 0 Å². The molecule has 3 N–H and O–H groups in total. The summed E-state index contributed by atoms with van der Waals surface area (Å²) < 4.78 is 0. The number of carbonyl (C=O) groups excluding carboxylic acids is 2.